The van der Waals surface area contributed by atoms with E-state index < -0.39 is 0 Å². The van der Waals surface area contributed by atoms with Gasteiger partial charge in [-0.05, 0) is 50.0 Å². The molecular formula is C17H25Cl2N. The van der Waals surface area contributed by atoms with Crippen LogP contribution in [0.25, 0.3) is 6.08 Å². The molecule has 0 amide bonds. The lowest BCUT2D eigenvalue weighted by Gasteiger charge is -2.23. The summed E-state index contributed by atoms with van der Waals surface area (Å²) in [5.41, 5.74) is 2.55. The monoisotopic (exact) mass is 313 g/mol. The van der Waals surface area contributed by atoms with Gasteiger partial charge in [-0.1, -0.05) is 55.1 Å². The van der Waals surface area contributed by atoms with Gasteiger partial charge in [-0.15, -0.1) is 12.4 Å². The molecule has 0 spiro atoms. The van der Waals surface area contributed by atoms with Crippen LogP contribution in [0.2, 0.25) is 5.02 Å². The zero-order valence-electron chi connectivity index (χ0n) is 12.4. The zero-order chi connectivity index (χ0) is 13.7. The van der Waals surface area contributed by atoms with Crippen LogP contribution in [0, 0.1) is 0 Å². The summed E-state index contributed by atoms with van der Waals surface area (Å²) in [6.07, 6.45) is 11.0. The first kappa shape index (κ1) is 17.6. The van der Waals surface area contributed by atoms with Crippen LogP contribution in [0.3, 0.4) is 0 Å². The Kier molecular flexibility index (Phi) is 7.65. The Bertz CT molecular complexity index is 435. The number of rotatable bonds is 4. The van der Waals surface area contributed by atoms with Gasteiger partial charge in [0.15, 0.2) is 0 Å². The topological polar surface area (TPSA) is 3.24 Å². The summed E-state index contributed by atoms with van der Waals surface area (Å²) in [6, 6.07) is 6.54. The summed E-state index contributed by atoms with van der Waals surface area (Å²) in [6.45, 7) is 0.960. The van der Waals surface area contributed by atoms with Gasteiger partial charge in [0.2, 0.25) is 0 Å². The second-order valence-electron chi connectivity index (χ2n) is 5.78. The molecule has 0 N–H and O–H groups in total. The SMILES string of the molecule is CN(C)C/C=C/c1ccc(C2CCCCC2)c(Cl)c1.Cl. The van der Waals surface area contributed by atoms with Gasteiger partial charge in [0.25, 0.3) is 0 Å². The van der Waals surface area contributed by atoms with Crippen molar-refractivity contribution in [2.45, 2.75) is 38.0 Å². The molecule has 0 bridgehead atoms. The Hall–Kier alpha value is -0.500. The average molecular weight is 314 g/mol. The van der Waals surface area contributed by atoms with Crippen molar-refractivity contribution in [2.75, 3.05) is 20.6 Å². The molecule has 1 fully saturated rings. The summed E-state index contributed by atoms with van der Waals surface area (Å²) in [4.78, 5) is 2.15. The van der Waals surface area contributed by atoms with Crippen LogP contribution in [-0.2, 0) is 0 Å². The highest BCUT2D eigenvalue weighted by Crippen LogP contribution is 2.36. The van der Waals surface area contributed by atoms with Crippen molar-refractivity contribution in [2.24, 2.45) is 0 Å². The maximum atomic E-state index is 6.46. The molecule has 1 nitrogen and oxygen atoms in total. The minimum Gasteiger partial charge on any atom is -0.306 e. The predicted molar refractivity (Wildman–Crippen MR) is 92.1 cm³/mol. The summed E-state index contributed by atoms with van der Waals surface area (Å²) in [5.74, 6) is 0.682. The summed E-state index contributed by atoms with van der Waals surface area (Å²) >= 11 is 6.46. The molecule has 112 valence electrons. The van der Waals surface area contributed by atoms with Crippen LogP contribution >= 0.6 is 24.0 Å². The van der Waals surface area contributed by atoms with Crippen LogP contribution in [0.5, 0.6) is 0 Å². The normalized spacial score (nSPS) is 16.6. The molecule has 3 heteroatoms. The Morgan fingerprint density at radius 3 is 2.50 bits per heavy atom. The Morgan fingerprint density at radius 2 is 1.90 bits per heavy atom. The molecule has 0 radical (unpaired) electrons. The van der Waals surface area contributed by atoms with Crippen LogP contribution in [0.4, 0.5) is 0 Å². The minimum atomic E-state index is 0. The number of nitrogens with zero attached hydrogens (tertiary/aromatic N) is 1. The van der Waals surface area contributed by atoms with Gasteiger partial charge in [0.05, 0.1) is 0 Å². The van der Waals surface area contributed by atoms with Crippen molar-refractivity contribution in [3.63, 3.8) is 0 Å². The van der Waals surface area contributed by atoms with Gasteiger partial charge in [-0.25, -0.2) is 0 Å². The Balaban J connectivity index is 0.00000200. The number of likely N-dealkylation sites (N-methyl/N-ethyl adjacent to an activating group) is 1. The van der Waals surface area contributed by atoms with Crippen molar-refractivity contribution in [1.82, 2.24) is 4.90 Å². The van der Waals surface area contributed by atoms with Gasteiger partial charge >= 0.3 is 0 Å². The van der Waals surface area contributed by atoms with E-state index in [4.69, 9.17) is 11.6 Å². The molecule has 20 heavy (non-hydrogen) atoms. The molecule has 1 aromatic rings. The number of benzene rings is 1. The highest BCUT2D eigenvalue weighted by atomic mass is 35.5. The fourth-order valence-corrected chi connectivity index (χ4v) is 3.13. The van der Waals surface area contributed by atoms with Crippen LogP contribution in [-0.4, -0.2) is 25.5 Å². The molecular weight excluding hydrogens is 289 g/mol. The van der Waals surface area contributed by atoms with Crippen molar-refractivity contribution in [3.05, 3.63) is 40.4 Å². The van der Waals surface area contributed by atoms with E-state index >= 15 is 0 Å². The lowest BCUT2D eigenvalue weighted by Crippen LogP contribution is -2.10. The molecule has 0 aliphatic heterocycles. The van der Waals surface area contributed by atoms with E-state index in [9.17, 15) is 0 Å². The second-order valence-corrected chi connectivity index (χ2v) is 6.19. The number of hydrogen-bond donors (Lipinski definition) is 0. The molecule has 1 aliphatic rings. The van der Waals surface area contributed by atoms with Gasteiger partial charge in [-0.3, -0.25) is 0 Å². The number of halogens is 2. The van der Waals surface area contributed by atoms with Crippen molar-refractivity contribution >= 4 is 30.1 Å². The maximum Gasteiger partial charge on any atom is 0.0446 e. The minimum absolute atomic E-state index is 0. The molecule has 0 atom stereocenters. The first-order valence-electron chi connectivity index (χ1n) is 7.27. The molecule has 0 heterocycles. The van der Waals surface area contributed by atoms with E-state index in [0.717, 1.165) is 11.6 Å². The van der Waals surface area contributed by atoms with Crippen molar-refractivity contribution in [3.8, 4) is 0 Å². The first-order chi connectivity index (χ1) is 9.16. The predicted octanol–water partition coefficient (Wildman–Crippen LogP) is 5.38. The molecule has 0 aromatic heterocycles. The highest BCUT2D eigenvalue weighted by Gasteiger charge is 2.17. The van der Waals surface area contributed by atoms with Crippen molar-refractivity contribution < 1.29 is 0 Å². The fraction of sp³-hybridized carbons (Fsp3) is 0.529. The molecule has 1 aromatic carbocycles. The Labute approximate surface area is 134 Å². The second kappa shape index (κ2) is 8.71. The van der Waals surface area contributed by atoms with E-state index in [1.165, 1.54) is 43.2 Å². The average Bonchev–Trinajstić information content (AvgIpc) is 2.39. The molecule has 2 rings (SSSR count). The molecule has 0 unspecified atom stereocenters. The summed E-state index contributed by atoms with van der Waals surface area (Å²) in [7, 11) is 4.15. The first-order valence-corrected chi connectivity index (χ1v) is 7.65. The van der Waals surface area contributed by atoms with E-state index in [0.29, 0.717) is 5.92 Å². The van der Waals surface area contributed by atoms with E-state index in [2.05, 4.69) is 49.3 Å². The molecule has 1 saturated carbocycles. The van der Waals surface area contributed by atoms with Crippen LogP contribution < -0.4 is 0 Å². The van der Waals surface area contributed by atoms with E-state index in [1.54, 1.807) is 0 Å². The maximum absolute atomic E-state index is 6.46. The van der Waals surface area contributed by atoms with Gasteiger partial charge in [0.1, 0.15) is 0 Å². The van der Waals surface area contributed by atoms with Gasteiger partial charge in [-0.2, -0.15) is 0 Å². The largest absolute Gasteiger partial charge is 0.306 e. The third-order valence-electron chi connectivity index (χ3n) is 3.85. The van der Waals surface area contributed by atoms with Crippen LogP contribution in [0.15, 0.2) is 24.3 Å². The smallest absolute Gasteiger partial charge is 0.0446 e. The third kappa shape index (κ3) is 5.12. The van der Waals surface area contributed by atoms with Crippen molar-refractivity contribution in [1.29, 1.82) is 0 Å². The molecule has 0 saturated heterocycles. The van der Waals surface area contributed by atoms with E-state index in [1.807, 2.05) is 0 Å². The Morgan fingerprint density at radius 1 is 1.20 bits per heavy atom. The molecule has 1 aliphatic carbocycles. The highest BCUT2D eigenvalue weighted by molar-refractivity contribution is 6.31. The lowest BCUT2D eigenvalue weighted by atomic mass is 9.84. The fourth-order valence-electron chi connectivity index (χ4n) is 2.79. The van der Waals surface area contributed by atoms with Gasteiger partial charge < -0.3 is 4.90 Å². The van der Waals surface area contributed by atoms with Crippen LogP contribution in [0.1, 0.15) is 49.1 Å². The van der Waals surface area contributed by atoms with Gasteiger partial charge in [0, 0.05) is 11.6 Å². The lowest BCUT2D eigenvalue weighted by molar-refractivity contribution is 0.444. The quantitative estimate of drug-likeness (QED) is 0.721. The summed E-state index contributed by atoms with van der Waals surface area (Å²) < 4.78 is 0. The zero-order valence-corrected chi connectivity index (χ0v) is 14.0. The number of hydrogen-bond acceptors (Lipinski definition) is 1. The standard InChI is InChI=1S/C17H24ClN.ClH/c1-19(2)12-6-7-14-10-11-16(17(18)13-14)15-8-4-3-5-9-15;/h6-7,10-11,13,15H,3-5,8-9,12H2,1-2H3;1H/b7-6+;. The third-order valence-corrected chi connectivity index (χ3v) is 4.18. The summed E-state index contributed by atoms with van der Waals surface area (Å²) in [5, 5.41) is 0.943. The van der Waals surface area contributed by atoms with E-state index in [-0.39, 0.29) is 12.4 Å².